The molecule has 0 spiro atoms. The number of nitrogens with one attached hydrogen (secondary N) is 1. The van der Waals surface area contributed by atoms with Gasteiger partial charge < -0.3 is 10.4 Å². The van der Waals surface area contributed by atoms with Gasteiger partial charge in [-0.2, -0.15) is 18.3 Å². The van der Waals surface area contributed by atoms with Gasteiger partial charge in [-0.3, -0.25) is 9.48 Å². The van der Waals surface area contributed by atoms with Gasteiger partial charge in [-0.15, -0.1) is 0 Å². The number of rotatable bonds is 5. The van der Waals surface area contributed by atoms with Crippen molar-refractivity contribution in [1.29, 1.82) is 0 Å². The minimum atomic E-state index is -4.65. The summed E-state index contributed by atoms with van der Waals surface area (Å²) in [6, 6.07) is 0. The van der Waals surface area contributed by atoms with E-state index in [1.807, 2.05) is 0 Å². The zero-order chi connectivity index (χ0) is 16.3. The maximum absolute atomic E-state index is 13.0. The molecule has 0 aliphatic heterocycles. The highest BCUT2D eigenvalue weighted by atomic mass is 19.4. The molecule has 1 aliphatic rings. The molecule has 0 saturated heterocycles. The Morgan fingerprint density at radius 2 is 2.14 bits per heavy atom. The summed E-state index contributed by atoms with van der Waals surface area (Å²) in [5.41, 5.74) is -1.56. The van der Waals surface area contributed by atoms with Crippen LogP contribution in [-0.4, -0.2) is 33.4 Å². The molecule has 0 radical (unpaired) electrons. The van der Waals surface area contributed by atoms with Crippen molar-refractivity contribution in [2.24, 2.45) is 5.92 Å². The lowest BCUT2D eigenvalue weighted by Crippen LogP contribution is -2.36. The maximum Gasteiger partial charge on any atom is 0.433 e. The highest BCUT2D eigenvalue weighted by Crippen LogP contribution is 2.32. The second-order valence-electron chi connectivity index (χ2n) is 5.54. The van der Waals surface area contributed by atoms with Crippen molar-refractivity contribution in [2.75, 3.05) is 6.54 Å². The smallest absolute Gasteiger partial charge is 0.391 e. The second-order valence-corrected chi connectivity index (χ2v) is 5.54. The third-order valence-corrected chi connectivity index (χ3v) is 4.07. The van der Waals surface area contributed by atoms with Crippen LogP contribution in [0.3, 0.4) is 0 Å². The molecule has 2 rings (SSSR count). The number of aromatic nitrogens is 2. The summed E-state index contributed by atoms with van der Waals surface area (Å²) in [5, 5.41) is 16.0. The van der Waals surface area contributed by atoms with Crippen LogP contribution in [0.15, 0.2) is 6.20 Å². The number of aliphatic hydroxyl groups is 1. The summed E-state index contributed by atoms with van der Waals surface area (Å²) >= 11 is 0. The molecule has 1 atom stereocenters. The SMILES string of the molecule is CCn1ncc(C(=O)NCC(O)C2CCCC2)c1C(F)(F)F. The zero-order valence-electron chi connectivity index (χ0n) is 12.4. The van der Waals surface area contributed by atoms with Crippen molar-refractivity contribution in [1.82, 2.24) is 15.1 Å². The van der Waals surface area contributed by atoms with Gasteiger partial charge in [0.15, 0.2) is 5.69 Å². The average Bonchev–Trinajstić information content (AvgIpc) is 3.11. The van der Waals surface area contributed by atoms with Crippen LogP contribution in [0.4, 0.5) is 13.2 Å². The number of hydrogen-bond acceptors (Lipinski definition) is 3. The molecule has 124 valence electrons. The number of alkyl halides is 3. The van der Waals surface area contributed by atoms with Gasteiger partial charge in [0.1, 0.15) is 0 Å². The van der Waals surface area contributed by atoms with E-state index in [0.717, 1.165) is 36.6 Å². The molecular formula is C14H20F3N3O2. The quantitative estimate of drug-likeness (QED) is 0.874. The number of halogens is 3. The number of aryl methyl sites for hydroxylation is 1. The molecule has 0 aromatic carbocycles. The first-order valence-electron chi connectivity index (χ1n) is 7.43. The van der Waals surface area contributed by atoms with Gasteiger partial charge in [0.25, 0.3) is 5.91 Å². The van der Waals surface area contributed by atoms with Crippen molar-refractivity contribution in [3.8, 4) is 0 Å². The minimum absolute atomic E-state index is 0.0207. The highest BCUT2D eigenvalue weighted by molar-refractivity contribution is 5.95. The Morgan fingerprint density at radius 1 is 1.50 bits per heavy atom. The Bertz CT molecular complexity index is 522. The largest absolute Gasteiger partial charge is 0.433 e. The molecule has 1 aliphatic carbocycles. The molecule has 2 N–H and O–H groups in total. The molecule has 0 bridgehead atoms. The van der Waals surface area contributed by atoms with E-state index in [4.69, 9.17) is 0 Å². The van der Waals surface area contributed by atoms with Gasteiger partial charge in [0, 0.05) is 13.1 Å². The Kier molecular flexibility index (Phi) is 5.10. The van der Waals surface area contributed by atoms with E-state index in [2.05, 4.69) is 10.4 Å². The van der Waals surface area contributed by atoms with Crippen molar-refractivity contribution in [3.63, 3.8) is 0 Å². The Hall–Kier alpha value is -1.57. The van der Waals surface area contributed by atoms with E-state index in [9.17, 15) is 23.1 Å². The van der Waals surface area contributed by atoms with Crippen LogP contribution in [0.2, 0.25) is 0 Å². The Labute approximate surface area is 126 Å². The molecule has 8 heteroatoms. The van der Waals surface area contributed by atoms with Gasteiger partial charge in [-0.25, -0.2) is 0 Å². The number of hydrogen-bond donors (Lipinski definition) is 2. The molecular weight excluding hydrogens is 299 g/mol. The van der Waals surface area contributed by atoms with Crippen LogP contribution >= 0.6 is 0 Å². The summed E-state index contributed by atoms with van der Waals surface area (Å²) in [7, 11) is 0. The van der Waals surface area contributed by atoms with Gasteiger partial charge in [0.2, 0.25) is 0 Å². The first-order chi connectivity index (χ1) is 10.3. The van der Waals surface area contributed by atoms with Gasteiger partial charge >= 0.3 is 6.18 Å². The molecule has 1 amide bonds. The number of carbonyl (C=O) groups is 1. The fraction of sp³-hybridized carbons (Fsp3) is 0.714. The van der Waals surface area contributed by atoms with E-state index in [1.54, 1.807) is 0 Å². The van der Waals surface area contributed by atoms with E-state index in [-0.39, 0.29) is 19.0 Å². The second kappa shape index (κ2) is 6.68. The van der Waals surface area contributed by atoms with Crippen LogP contribution in [0, 0.1) is 5.92 Å². The molecule has 1 heterocycles. The van der Waals surface area contributed by atoms with Crippen LogP contribution < -0.4 is 5.32 Å². The van der Waals surface area contributed by atoms with Crippen LogP contribution in [-0.2, 0) is 12.7 Å². The first kappa shape index (κ1) is 16.8. The van der Waals surface area contributed by atoms with E-state index >= 15 is 0 Å². The predicted molar refractivity (Wildman–Crippen MR) is 73.2 cm³/mol. The summed E-state index contributed by atoms with van der Waals surface area (Å²) in [6.07, 6.45) is -0.597. The summed E-state index contributed by atoms with van der Waals surface area (Å²) in [6.45, 7) is 1.50. The van der Waals surface area contributed by atoms with Crippen molar-refractivity contribution >= 4 is 5.91 Å². The fourth-order valence-electron chi connectivity index (χ4n) is 2.89. The summed E-state index contributed by atoms with van der Waals surface area (Å²) in [5.74, 6) is -0.746. The topological polar surface area (TPSA) is 67.2 Å². The molecule has 1 aromatic rings. The van der Waals surface area contributed by atoms with Crippen LogP contribution in [0.5, 0.6) is 0 Å². The monoisotopic (exact) mass is 319 g/mol. The van der Waals surface area contributed by atoms with Crippen LogP contribution in [0.1, 0.15) is 48.7 Å². The van der Waals surface area contributed by atoms with Gasteiger partial charge in [0.05, 0.1) is 17.9 Å². The highest BCUT2D eigenvalue weighted by Gasteiger charge is 2.39. The predicted octanol–water partition coefficient (Wildman–Crippen LogP) is 2.20. The van der Waals surface area contributed by atoms with E-state index in [1.165, 1.54) is 6.92 Å². The number of amides is 1. The van der Waals surface area contributed by atoms with Crippen molar-refractivity contribution in [2.45, 2.75) is 51.4 Å². The van der Waals surface area contributed by atoms with Crippen molar-refractivity contribution < 1.29 is 23.1 Å². The van der Waals surface area contributed by atoms with Crippen molar-refractivity contribution in [3.05, 3.63) is 17.5 Å². The molecule has 5 nitrogen and oxygen atoms in total. The lowest BCUT2D eigenvalue weighted by atomic mass is 10.0. The molecule has 1 saturated carbocycles. The Balaban J connectivity index is 2.05. The third kappa shape index (κ3) is 3.60. The molecule has 22 heavy (non-hydrogen) atoms. The van der Waals surface area contributed by atoms with Crippen LogP contribution in [0.25, 0.3) is 0 Å². The molecule has 1 unspecified atom stereocenters. The third-order valence-electron chi connectivity index (χ3n) is 4.07. The number of aliphatic hydroxyl groups excluding tert-OH is 1. The van der Waals surface area contributed by atoms with Gasteiger partial charge in [-0.1, -0.05) is 12.8 Å². The lowest BCUT2D eigenvalue weighted by Gasteiger charge is -2.18. The van der Waals surface area contributed by atoms with E-state index in [0.29, 0.717) is 0 Å². The lowest BCUT2D eigenvalue weighted by molar-refractivity contribution is -0.144. The number of carbonyl (C=O) groups excluding carboxylic acids is 1. The molecule has 1 fully saturated rings. The first-order valence-corrected chi connectivity index (χ1v) is 7.43. The molecule has 1 aromatic heterocycles. The summed E-state index contributed by atoms with van der Waals surface area (Å²) in [4.78, 5) is 12.0. The van der Waals surface area contributed by atoms with Gasteiger partial charge in [-0.05, 0) is 25.7 Å². The zero-order valence-corrected chi connectivity index (χ0v) is 12.4. The standard InChI is InChI=1S/C14H20F3N3O2/c1-2-20-12(14(15,16)17)10(7-19-20)13(22)18-8-11(21)9-5-3-4-6-9/h7,9,11,21H,2-6,8H2,1H3,(H,18,22). The summed E-state index contributed by atoms with van der Waals surface area (Å²) < 4.78 is 39.9. The minimum Gasteiger partial charge on any atom is -0.391 e. The fourth-order valence-corrected chi connectivity index (χ4v) is 2.89. The average molecular weight is 319 g/mol. The van der Waals surface area contributed by atoms with E-state index < -0.39 is 29.4 Å². The normalized spacial score (nSPS) is 17.7. The Morgan fingerprint density at radius 3 is 2.68 bits per heavy atom. The maximum atomic E-state index is 13.0. The number of nitrogens with zero attached hydrogens (tertiary/aromatic N) is 2.